The molecule has 5 heteroatoms. The Balaban J connectivity index is 1.68. The van der Waals surface area contributed by atoms with Gasteiger partial charge in [-0.15, -0.1) is 0 Å². The lowest BCUT2D eigenvalue weighted by Gasteiger charge is -2.10. The highest BCUT2D eigenvalue weighted by atomic mass is 16.3. The fourth-order valence-electron chi connectivity index (χ4n) is 2.35. The molecule has 0 saturated carbocycles. The summed E-state index contributed by atoms with van der Waals surface area (Å²) in [6, 6.07) is 12.8. The van der Waals surface area contributed by atoms with Crippen molar-refractivity contribution < 1.29 is 9.90 Å². The summed E-state index contributed by atoms with van der Waals surface area (Å²) in [7, 11) is 0. The number of carbonyl (C=O) groups is 1. The predicted molar refractivity (Wildman–Crippen MR) is 83.2 cm³/mol. The molecule has 0 aliphatic heterocycles. The first-order chi connectivity index (χ1) is 10.6. The number of aryl methyl sites for hydroxylation is 1. The Kier molecular flexibility index (Phi) is 3.89. The highest BCUT2D eigenvalue weighted by Crippen LogP contribution is 2.13. The molecule has 22 heavy (non-hydrogen) atoms. The zero-order valence-corrected chi connectivity index (χ0v) is 12.2. The van der Waals surface area contributed by atoms with Crippen LogP contribution >= 0.6 is 0 Å². The van der Waals surface area contributed by atoms with Gasteiger partial charge in [0, 0.05) is 12.4 Å². The molecule has 5 nitrogen and oxygen atoms in total. The van der Waals surface area contributed by atoms with E-state index in [9.17, 15) is 9.90 Å². The third-order valence-corrected chi connectivity index (χ3v) is 3.54. The third kappa shape index (κ3) is 2.84. The van der Waals surface area contributed by atoms with Crippen LogP contribution < -0.4 is 5.32 Å². The summed E-state index contributed by atoms with van der Waals surface area (Å²) in [4.78, 5) is 16.5. The van der Waals surface area contributed by atoms with Gasteiger partial charge in [-0.25, -0.2) is 4.98 Å². The molecule has 112 valence electrons. The maximum Gasteiger partial charge on any atom is 0.253 e. The van der Waals surface area contributed by atoms with Gasteiger partial charge in [0.15, 0.2) is 6.10 Å². The summed E-state index contributed by atoms with van der Waals surface area (Å²) in [6.07, 6.45) is 2.62. The van der Waals surface area contributed by atoms with Crippen LogP contribution in [0.25, 0.3) is 5.65 Å². The molecule has 2 heterocycles. The summed E-state index contributed by atoms with van der Waals surface area (Å²) in [5.41, 5.74) is 3.27. The minimum atomic E-state index is -1.17. The monoisotopic (exact) mass is 295 g/mol. The van der Waals surface area contributed by atoms with Crippen LogP contribution in [-0.2, 0) is 11.3 Å². The summed E-state index contributed by atoms with van der Waals surface area (Å²) in [5.74, 6) is -0.431. The van der Waals surface area contributed by atoms with Gasteiger partial charge in [-0.3, -0.25) is 4.79 Å². The standard InChI is InChI=1S/C17H17N3O2/c1-12-6-5-9-20-11-14(19-16(12)20)10-18-17(22)15(21)13-7-3-2-4-8-13/h2-9,11,15,21H,10H2,1H3,(H,18,22). The van der Waals surface area contributed by atoms with Crippen molar-refractivity contribution in [2.24, 2.45) is 0 Å². The van der Waals surface area contributed by atoms with E-state index in [0.717, 1.165) is 16.9 Å². The van der Waals surface area contributed by atoms with E-state index < -0.39 is 12.0 Å². The fraction of sp³-hybridized carbons (Fsp3) is 0.176. The van der Waals surface area contributed by atoms with E-state index in [-0.39, 0.29) is 6.54 Å². The first-order valence-electron chi connectivity index (χ1n) is 7.09. The van der Waals surface area contributed by atoms with E-state index in [1.807, 2.05) is 41.9 Å². The van der Waals surface area contributed by atoms with Crippen LogP contribution in [0.3, 0.4) is 0 Å². The molecule has 3 rings (SSSR count). The molecular formula is C17H17N3O2. The maximum absolute atomic E-state index is 12.0. The summed E-state index contributed by atoms with van der Waals surface area (Å²) in [5, 5.41) is 12.7. The minimum Gasteiger partial charge on any atom is -0.378 e. The molecule has 3 aromatic rings. The highest BCUT2D eigenvalue weighted by Gasteiger charge is 2.16. The van der Waals surface area contributed by atoms with Crippen molar-refractivity contribution in [3.8, 4) is 0 Å². The predicted octanol–water partition coefficient (Wildman–Crippen LogP) is 1.99. The van der Waals surface area contributed by atoms with E-state index in [1.54, 1.807) is 24.3 Å². The average molecular weight is 295 g/mol. The van der Waals surface area contributed by atoms with E-state index in [4.69, 9.17) is 0 Å². The number of nitrogens with zero attached hydrogens (tertiary/aromatic N) is 2. The zero-order valence-electron chi connectivity index (χ0n) is 12.2. The molecular weight excluding hydrogens is 278 g/mol. The zero-order chi connectivity index (χ0) is 15.5. The number of hydrogen-bond donors (Lipinski definition) is 2. The van der Waals surface area contributed by atoms with Crippen molar-refractivity contribution in [2.45, 2.75) is 19.6 Å². The topological polar surface area (TPSA) is 66.6 Å². The molecule has 2 aromatic heterocycles. The number of carbonyl (C=O) groups excluding carboxylic acids is 1. The number of pyridine rings is 1. The van der Waals surface area contributed by atoms with Crippen LogP contribution in [0.5, 0.6) is 0 Å². The SMILES string of the molecule is Cc1cccn2cc(CNC(=O)C(O)c3ccccc3)nc12. The Hall–Kier alpha value is -2.66. The second-order valence-electron chi connectivity index (χ2n) is 5.19. The number of benzene rings is 1. The van der Waals surface area contributed by atoms with Gasteiger partial charge in [0.25, 0.3) is 5.91 Å². The lowest BCUT2D eigenvalue weighted by molar-refractivity contribution is -0.129. The largest absolute Gasteiger partial charge is 0.378 e. The van der Waals surface area contributed by atoms with Gasteiger partial charge in [-0.05, 0) is 24.1 Å². The number of rotatable bonds is 4. The molecule has 0 bridgehead atoms. The van der Waals surface area contributed by atoms with Crippen LogP contribution in [-0.4, -0.2) is 20.4 Å². The van der Waals surface area contributed by atoms with E-state index in [1.165, 1.54) is 0 Å². The lowest BCUT2D eigenvalue weighted by Crippen LogP contribution is -2.28. The number of imidazole rings is 1. The maximum atomic E-state index is 12.0. The number of nitrogens with one attached hydrogen (secondary N) is 1. The molecule has 2 N–H and O–H groups in total. The molecule has 1 atom stereocenters. The normalized spacial score (nSPS) is 12.3. The molecule has 0 fully saturated rings. The van der Waals surface area contributed by atoms with Gasteiger partial charge < -0.3 is 14.8 Å². The summed E-state index contributed by atoms with van der Waals surface area (Å²) < 4.78 is 1.92. The Morgan fingerprint density at radius 1 is 1.27 bits per heavy atom. The van der Waals surface area contributed by atoms with E-state index in [2.05, 4.69) is 10.3 Å². The van der Waals surface area contributed by atoms with Gasteiger partial charge in [-0.2, -0.15) is 0 Å². The quantitative estimate of drug-likeness (QED) is 0.773. The van der Waals surface area contributed by atoms with Crippen molar-refractivity contribution in [1.82, 2.24) is 14.7 Å². The fourth-order valence-corrected chi connectivity index (χ4v) is 2.35. The number of aromatic nitrogens is 2. The summed E-state index contributed by atoms with van der Waals surface area (Å²) in [6.45, 7) is 2.27. The molecule has 1 aromatic carbocycles. The molecule has 1 unspecified atom stereocenters. The van der Waals surface area contributed by atoms with Crippen molar-refractivity contribution >= 4 is 11.6 Å². The van der Waals surface area contributed by atoms with Crippen LogP contribution in [0.2, 0.25) is 0 Å². The van der Waals surface area contributed by atoms with Crippen LogP contribution in [0.1, 0.15) is 22.9 Å². The van der Waals surface area contributed by atoms with E-state index in [0.29, 0.717) is 5.56 Å². The number of fused-ring (bicyclic) bond motifs is 1. The Labute approximate surface area is 128 Å². The van der Waals surface area contributed by atoms with Gasteiger partial charge in [-0.1, -0.05) is 36.4 Å². The third-order valence-electron chi connectivity index (χ3n) is 3.54. The van der Waals surface area contributed by atoms with Gasteiger partial charge in [0.2, 0.25) is 0 Å². The molecule has 0 saturated heterocycles. The Morgan fingerprint density at radius 2 is 2.05 bits per heavy atom. The highest BCUT2D eigenvalue weighted by molar-refractivity contribution is 5.81. The number of amides is 1. The Morgan fingerprint density at radius 3 is 2.77 bits per heavy atom. The van der Waals surface area contributed by atoms with Gasteiger partial charge >= 0.3 is 0 Å². The minimum absolute atomic E-state index is 0.282. The van der Waals surface area contributed by atoms with Crippen molar-refractivity contribution in [3.05, 3.63) is 71.7 Å². The average Bonchev–Trinajstić information content (AvgIpc) is 2.97. The summed E-state index contributed by atoms with van der Waals surface area (Å²) >= 11 is 0. The van der Waals surface area contributed by atoms with Crippen LogP contribution in [0, 0.1) is 6.92 Å². The first kappa shape index (κ1) is 14.3. The number of aliphatic hydroxyl groups excluding tert-OH is 1. The number of hydrogen-bond acceptors (Lipinski definition) is 3. The second-order valence-corrected chi connectivity index (χ2v) is 5.19. The lowest BCUT2D eigenvalue weighted by atomic mass is 10.1. The van der Waals surface area contributed by atoms with E-state index >= 15 is 0 Å². The molecule has 0 aliphatic rings. The van der Waals surface area contributed by atoms with Crippen molar-refractivity contribution in [2.75, 3.05) is 0 Å². The van der Waals surface area contributed by atoms with Gasteiger partial charge in [0.1, 0.15) is 5.65 Å². The smallest absolute Gasteiger partial charge is 0.253 e. The molecule has 0 aliphatic carbocycles. The van der Waals surface area contributed by atoms with Crippen LogP contribution in [0.15, 0.2) is 54.9 Å². The molecule has 0 spiro atoms. The first-order valence-corrected chi connectivity index (χ1v) is 7.09. The molecule has 1 amide bonds. The Bertz CT molecular complexity index is 796. The number of aliphatic hydroxyl groups is 1. The van der Waals surface area contributed by atoms with Crippen molar-refractivity contribution in [1.29, 1.82) is 0 Å². The van der Waals surface area contributed by atoms with Crippen molar-refractivity contribution in [3.63, 3.8) is 0 Å². The van der Waals surface area contributed by atoms with Gasteiger partial charge in [0.05, 0.1) is 12.2 Å². The second kappa shape index (κ2) is 5.99. The van der Waals surface area contributed by atoms with Crippen LogP contribution in [0.4, 0.5) is 0 Å². The molecule has 0 radical (unpaired) electrons.